The van der Waals surface area contributed by atoms with Crippen molar-refractivity contribution in [2.45, 2.75) is 30.7 Å². The highest BCUT2D eigenvalue weighted by molar-refractivity contribution is 6.21. The fraction of sp³-hybridized carbons (Fsp3) is 0.600. The SMILES string of the molecule is Cn1cncc1C(=O)NC1CCCC1Cl. The largest absolute Gasteiger partial charge is 0.346 e. The van der Waals surface area contributed by atoms with E-state index in [4.69, 9.17) is 11.6 Å². The van der Waals surface area contributed by atoms with Crippen LogP contribution < -0.4 is 5.32 Å². The van der Waals surface area contributed by atoms with Crippen LogP contribution in [0.1, 0.15) is 29.8 Å². The van der Waals surface area contributed by atoms with Crippen molar-refractivity contribution in [1.82, 2.24) is 14.9 Å². The van der Waals surface area contributed by atoms with Crippen molar-refractivity contribution in [3.8, 4) is 0 Å². The van der Waals surface area contributed by atoms with Crippen LogP contribution in [-0.2, 0) is 7.05 Å². The monoisotopic (exact) mass is 227 g/mol. The number of hydrogen-bond acceptors (Lipinski definition) is 2. The molecule has 2 rings (SSSR count). The molecule has 1 heterocycles. The molecular weight excluding hydrogens is 214 g/mol. The van der Waals surface area contributed by atoms with E-state index in [-0.39, 0.29) is 17.3 Å². The lowest BCUT2D eigenvalue weighted by molar-refractivity contribution is 0.0930. The Morgan fingerprint density at radius 1 is 1.67 bits per heavy atom. The molecule has 0 saturated heterocycles. The molecule has 15 heavy (non-hydrogen) atoms. The fourth-order valence-corrected chi connectivity index (χ4v) is 2.24. The average Bonchev–Trinajstić information content (AvgIpc) is 2.76. The number of hydrogen-bond donors (Lipinski definition) is 1. The number of alkyl halides is 1. The van der Waals surface area contributed by atoms with Crippen molar-refractivity contribution < 1.29 is 4.79 Å². The van der Waals surface area contributed by atoms with Gasteiger partial charge in [-0.15, -0.1) is 11.6 Å². The molecule has 1 aromatic heterocycles. The molecule has 1 saturated carbocycles. The third kappa shape index (κ3) is 2.15. The van der Waals surface area contributed by atoms with Crippen LogP contribution in [-0.4, -0.2) is 26.9 Å². The Bertz CT molecular complexity index is 363. The summed E-state index contributed by atoms with van der Waals surface area (Å²) in [5, 5.41) is 3.01. The Kier molecular flexibility index (Phi) is 2.95. The quantitative estimate of drug-likeness (QED) is 0.775. The van der Waals surface area contributed by atoms with Crippen molar-refractivity contribution in [3.05, 3.63) is 18.2 Å². The summed E-state index contributed by atoms with van der Waals surface area (Å²) in [5.74, 6) is -0.0902. The predicted molar refractivity (Wildman–Crippen MR) is 58.0 cm³/mol. The third-order valence-corrected chi connectivity index (χ3v) is 3.32. The highest BCUT2D eigenvalue weighted by Gasteiger charge is 2.27. The molecule has 1 N–H and O–H groups in total. The molecule has 0 aliphatic heterocycles. The van der Waals surface area contributed by atoms with Crippen molar-refractivity contribution in [1.29, 1.82) is 0 Å². The predicted octanol–water partition coefficient (Wildman–Crippen LogP) is 1.31. The summed E-state index contributed by atoms with van der Waals surface area (Å²) >= 11 is 6.09. The lowest BCUT2D eigenvalue weighted by Gasteiger charge is -2.15. The Labute approximate surface area is 93.6 Å². The van der Waals surface area contributed by atoms with Crippen LogP contribution >= 0.6 is 11.6 Å². The number of nitrogens with one attached hydrogen (secondary N) is 1. The van der Waals surface area contributed by atoms with Crippen LogP contribution in [0.3, 0.4) is 0 Å². The number of amides is 1. The molecule has 1 amide bonds. The molecule has 1 fully saturated rings. The first kappa shape index (κ1) is 10.5. The molecule has 4 nitrogen and oxygen atoms in total. The average molecular weight is 228 g/mol. The maximum absolute atomic E-state index is 11.8. The zero-order valence-corrected chi connectivity index (χ0v) is 9.37. The van der Waals surface area contributed by atoms with Gasteiger partial charge < -0.3 is 9.88 Å². The van der Waals surface area contributed by atoms with E-state index in [1.54, 1.807) is 24.1 Å². The van der Waals surface area contributed by atoms with Gasteiger partial charge in [-0.2, -0.15) is 0 Å². The number of aromatic nitrogens is 2. The molecule has 0 aromatic carbocycles. The summed E-state index contributed by atoms with van der Waals surface area (Å²) in [4.78, 5) is 15.7. The standard InChI is InChI=1S/C10H14ClN3O/c1-14-6-12-5-9(14)10(15)13-8-4-2-3-7(8)11/h5-8H,2-4H2,1H3,(H,13,15). The number of carbonyl (C=O) groups excluding carboxylic acids is 1. The second kappa shape index (κ2) is 4.23. The van der Waals surface area contributed by atoms with Gasteiger partial charge in [-0.3, -0.25) is 4.79 Å². The lowest BCUT2D eigenvalue weighted by Crippen LogP contribution is -2.38. The number of nitrogens with zero attached hydrogens (tertiary/aromatic N) is 2. The van der Waals surface area contributed by atoms with Gasteiger partial charge in [0.15, 0.2) is 0 Å². The van der Waals surface area contributed by atoms with Gasteiger partial charge in [-0.05, 0) is 19.3 Å². The van der Waals surface area contributed by atoms with Crippen LogP contribution in [0.25, 0.3) is 0 Å². The summed E-state index contributed by atoms with van der Waals surface area (Å²) in [7, 11) is 1.80. The van der Waals surface area contributed by atoms with E-state index in [1.807, 2.05) is 0 Å². The minimum absolute atomic E-state index is 0.0715. The Morgan fingerprint density at radius 2 is 2.47 bits per heavy atom. The molecule has 0 radical (unpaired) electrons. The summed E-state index contributed by atoms with van der Waals surface area (Å²) in [6.45, 7) is 0. The number of rotatable bonds is 2. The zero-order valence-electron chi connectivity index (χ0n) is 8.61. The molecule has 0 bridgehead atoms. The molecule has 82 valence electrons. The minimum Gasteiger partial charge on any atom is -0.346 e. The van der Waals surface area contributed by atoms with E-state index in [0.717, 1.165) is 19.3 Å². The van der Waals surface area contributed by atoms with Gasteiger partial charge in [-0.25, -0.2) is 4.98 Å². The minimum atomic E-state index is -0.0902. The Hall–Kier alpha value is -1.03. The molecule has 2 unspecified atom stereocenters. The van der Waals surface area contributed by atoms with Crippen LogP contribution in [0.5, 0.6) is 0 Å². The highest BCUT2D eigenvalue weighted by Crippen LogP contribution is 2.24. The first-order valence-corrected chi connectivity index (χ1v) is 5.53. The molecule has 5 heteroatoms. The summed E-state index contributed by atoms with van der Waals surface area (Å²) in [6.07, 6.45) is 6.22. The van der Waals surface area contributed by atoms with E-state index in [9.17, 15) is 4.79 Å². The molecule has 0 spiro atoms. The molecular formula is C10H14ClN3O. The lowest BCUT2D eigenvalue weighted by atomic mass is 10.2. The van der Waals surface area contributed by atoms with Gasteiger partial charge in [-0.1, -0.05) is 0 Å². The van der Waals surface area contributed by atoms with Gasteiger partial charge in [0, 0.05) is 13.1 Å². The van der Waals surface area contributed by atoms with Crippen molar-refractivity contribution in [2.75, 3.05) is 0 Å². The van der Waals surface area contributed by atoms with Gasteiger partial charge in [0.2, 0.25) is 0 Å². The van der Waals surface area contributed by atoms with Gasteiger partial charge in [0.1, 0.15) is 5.69 Å². The molecule has 1 aliphatic carbocycles. The second-order valence-corrected chi connectivity index (χ2v) is 4.48. The Morgan fingerprint density at radius 3 is 3.00 bits per heavy atom. The van der Waals surface area contributed by atoms with E-state index >= 15 is 0 Å². The number of halogens is 1. The second-order valence-electron chi connectivity index (χ2n) is 3.92. The van der Waals surface area contributed by atoms with Crippen LogP contribution in [0.2, 0.25) is 0 Å². The zero-order chi connectivity index (χ0) is 10.8. The Balaban J connectivity index is 2.01. The van der Waals surface area contributed by atoms with Crippen LogP contribution in [0.4, 0.5) is 0 Å². The highest BCUT2D eigenvalue weighted by atomic mass is 35.5. The topological polar surface area (TPSA) is 46.9 Å². The van der Waals surface area contributed by atoms with Crippen LogP contribution in [0.15, 0.2) is 12.5 Å². The number of aryl methyl sites for hydroxylation is 1. The van der Waals surface area contributed by atoms with Crippen molar-refractivity contribution in [3.63, 3.8) is 0 Å². The van der Waals surface area contributed by atoms with E-state index in [1.165, 1.54) is 0 Å². The fourth-order valence-electron chi connectivity index (χ4n) is 1.90. The normalized spacial score (nSPS) is 25.5. The maximum atomic E-state index is 11.8. The number of carbonyl (C=O) groups is 1. The van der Waals surface area contributed by atoms with Crippen LogP contribution in [0, 0.1) is 0 Å². The maximum Gasteiger partial charge on any atom is 0.269 e. The van der Waals surface area contributed by atoms with E-state index in [0.29, 0.717) is 5.69 Å². The van der Waals surface area contributed by atoms with Gasteiger partial charge in [0.05, 0.1) is 17.9 Å². The van der Waals surface area contributed by atoms with Crippen molar-refractivity contribution >= 4 is 17.5 Å². The molecule has 1 aromatic rings. The van der Waals surface area contributed by atoms with Crippen molar-refractivity contribution in [2.24, 2.45) is 7.05 Å². The van der Waals surface area contributed by atoms with Gasteiger partial charge in [0.25, 0.3) is 5.91 Å². The van der Waals surface area contributed by atoms with Gasteiger partial charge >= 0.3 is 0 Å². The first-order chi connectivity index (χ1) is 7.18. The van der Waals surface area contributed by atoms with E-state index in [2.05, 4.69) is 10.3 Å². The van der Waals surface area contributed by atoms with E-state index < -0.39 is 0 Å². The summed E-state index contributed by atoms with van der Waals surface area (Å²) < 4.78 is 1.70. The summed E-state index contributed by atoms with van der Waals surface area (Å²) in [6, 6.07) is 0.106. The smallest absolute Gasteiger partial charge is 0.269 e. The summed E-state index contributed by atoms with van der Waals surface area (Å²) in [5.41, 5.74) is 0.575. The molecule has 2 atom stereocenters. The first-order valence-electron chi connectivity index (χ1n) is 5.09. The third-order valence-electron chi connectivity index (χ3n) is 2.80. The number of imidazole rings is 1. The molecule has 1 aliphatic rings.